The smallest absolute Gasteiger partial charge is 0.457 e. The number of nitrogens with zero attached hydrogens (tertiary/aromatic N) is 1. The minimum Gasteiger partial charge on any atom is -0.457 e. The number of hydrogen-bond acceptors (Lipinski definition) is 6. The maximum atomic E-state index is 12.8. The molecular formula is C64H117NO7P+. The summed E-state index contributed by atoms with van der Waals surface area (Å²) in [6.45, 7) is 5.51. The lowest BCUT2D eigenvalue weighted by molar-refractivity contribution is -0.870. The van der Waals surface area contributed by atoms with Crippen LogP contribution >= 0.6 is 7.82 Å². The Hall–Kier alpha value is -2.32. The maximum Gasteiger partial charge on any atom is 0.472 e. The van der Waals surface area contributed by atoms with Crippen LogP contribution in [0.1, 0.15) is 258 Å². The molecule has 8 nitrogen and oxygen atoms in total. The molecule has 0 aromatic rings. The molecule has 0 heterocycles. The number of carbonyl (C=O) groups is 1. The molecule has 9 heteroatoms. The van der Waals surface area contributed by atoms with Gasteiger partial charge in [-0.2, -0.15) is 0 Å². The molecule has 0 saturated heterocycles. The van der Waals surface area contributed by atoms with Gasteiger partial charge in [-0.25, -0.2) is 4.57 Å². The molecule has 2 atom stereocenters. The van der Waals surface area contributed by atoms with Crippen molar-refractivity contribution < 1.29 is 37.3 Å². The molecule has 0 aromatic heterocycles. The molecule has 0 fully saturated rings. The van der Waals surface area contributed by atoms with E-state index in [0.717, 1.165) is 83.5 Å². The van der Waals surface area contributed by atoms with E-state index in [-0.39, 0.29) is 25.8 Å². The Balaban J connectivity index is 4.09. The Morgan fingerprint density at radius 3 is 1.21 bits per heavy atom. The zero-order valence-electron chi connectivity index (χ0n) is 48.4. The number of ether oxygens (including phenoxy) is 2. The quantitative estimate of drug-likeness (QED) is 0.0213. The van der Waals surface area contributed by atoms with E-state index in [2.05, 4.69) is 98.9 Å². The fourth-order valence-corrected chi connectivity index (χ4v) is 9.06. The van der Waals surface area contributed by atoms with Gasteiger partial charge in [-0.05, 0) is 89.9 Å². The first-order valence-corrected chi connectivity index (χ1v) is 31.8. The number of quaternary nitrogens is 1. The predicted molar refractivity (Wildman–Crippen MR) is 316 cm³/mol. The van der Waals surface area contributed by atoms with Crippen molar-refractivity contribution in [3.05, 3.63) is 85.1 Å². The number of phosphoric acid groups is 1. The monoisotopic (exact) mass is 1040 g/mol. The Labute approximate surface area is 452 Å². The first-order valence-electron chi connectivity index (χ1n) is 30.3. The normalized spacial score (nSPS) is 14.0. The highest BCUT2D eigenvalue weighted by molar-refractivity contribution is 7.47. The molecular weight excluding hydrogens is 926 g/mol. The zero-order chi connectivity index (χ0) is 53.3. The summed E-state index contributed by atoms with van der Waals surface area (Å²) in [4.78, 5) is 23.1. The first kappa shape index (κ1) is 70.7. The fourth-order valence-electron chi connectivity index (χ4n) is 8.32. The Morgan fingerprint density at radius 1 is 0.438 bits per heavy atom. The second kappa shape index (κ2) is 55.9. The van der Waals surface area contributed by atoms with E-state index in [1.807, 2.05) is 21.1 Å². The van der Waals surface area contributed by atoms with Gasteiger partial charge in [-0.1, -0.05) is 247 Å². The topological polar surface area (TPSA) is 91.3 Å². The van der Waals surface area contributed by atoms with Crippen LogP contribution in [0.25, 0.3) is 0 Å². The van der Waals surface area contributed by atoms with Crippen molar-refractivity contribution in [1.29, 1.82) is 0 Å². The van der Waals surface area contributed by atoms with Gasteiger partial charge in [0, 0.05) is 13.0 Å². The summed E-state index contributed by atoms with van der Waals surface area (Å²) < 4.78 is 35.3. The summed E-state index contributed by atoms with van der Waals surface area (Å²) >= 11 is 0. The lowest BCUT2D eigenvalue weighted by atomic mass is 10.0. The lowest BCUT2D eigenvalue weighted by Gasteiger charge is -2.24. The molecule has 2 unspecified atom stereocenters. The summed E-state index contributed by atoms with van der Waals surface area (Å²) in [5.41, 5.74) is 0. The van der Waals surface area contributed by atoms with Crippen LogP contribution in [-0.4, -0.2) is 75.6 Å². The standard InChI is InChI=1S/C64H116NO7P/c1-6-8-10-12-14-16-18-20-22-24-26-28-30-32-34-36-38-40-42-44-46-48-50-52-54-56-59-69-61-63(62-71-73(67,68)70-60-58-65(3,4)5)72-64(66)57-55-53-51-49-47-45-43-41-39-37-35-33-31-29-27-25-23-21-19-17-15-13-11-9-7-2/h9,11,15,17,21,23-24,26-27,29,33,35,39,41,63H,6-8,10,12-14,16,18-20,22,25,28,30-32,34,36-38,40,42-62H2,1-5H3/p+1/b11-9-,17-15-,23-21-,26-24-,29-27-,35-33-,41-39-. The van der Waals surface area contributed by atoms with Crippen LogP contribution in [0.5, 0.6) is 0 Å². The minimum atomic E-state index is -4.30. The average molecular weight is 1040 g/mol. The molecule has 0 rings (SSSR count). The van der Waals surface area contributed by atoms with Gasteiger partial charge < -0.3 is 18.9 Å². The van der Waals surface area contributed by atoms with Gasteiger partial charge in [0.05, 0.1) is 34.4 Å². The van der Waals surface area contributed by atoms with Crippen LogP contribution in [0, 0.1) is 0 Å². The van der Waals surface area contributed by atoms with Gasteiger partial charge in [-0.3, -0.25) is 13.8 Å². The Morgan fingerprint density at radius 2 is 0.795 bits per heavy atom. The van der Waals surface area contributed by atoms with Gasteiger partial charge in [-0.15, -0.1) is 0 Å². The molecule has 0 radical (unpaired) electrons. The summed E-state index contributed by atoms with van der Waals surface area (Å²) in [6, 6.07) is 0. The molecule has 0 amide bonds. The van der Waals surface area contributed by atoms with Crippen molar-refractivity contribution >= 4 is 13.8 Å². The van der Waals surface area contributed by atoms with Gasteiger partial charge in [0.25, 0.3) is 0 Å². The fraction of sp³-hybridized carbons (Fsp3) is 0.766. The van der Waals surface area contributed by atoms with Gasteiger partial charge in [0.2, 0.25) is 0 Å². The van der Waals surface area contributed by atoms with Crippen LogP contribution in [0.2, 0.25) is 0 Å². The second-order valence-electron chi connectivity index (χ2n) is 21.3. The summed E-state index contributed by atoms with van der Waals surface area (Å²) in [5, 5.41) is 0. The number of esters is 1. The molecule has 73 heavy (non-hydrogen) atoms. The van der Waals surface area contributed by atoms with Crippen molar-refractivity contribution in [3.8, 4) is 0 Å². The van der Waals surface area contributed by atoms with E-state index in [1.165, 1.54) is 154 Å². The zero-order valence-corrected chi connectivity index (χ0v) is 49.3. The summed E-state index contributed by atoms with van der Waals surface area (Å²) in [7, 11) is 1.65. The van der Waals surface area contributed by atoms with Crippen molar-refractivity contribution in [3.63, 3.8) is 0 Å². The van der Waals surface area contributed by atoms with E-state index < -0.39 is 13.9 Å². The molecule has 0 aliphatic rings. The van der Waals surface area contributed by atoms with Crippen LogP contribution in [0.15, 0.2) is 85.1 Å². The van der Waals surface area contributed by atoms with Crippen LogP contribution in [-0.2, 0) is 27.9 Å². The Kier molecular flexibility index (Phi) is 54.1. The molecule has 0 aromatic carbocycles. The van der Waals surface area contributed by atoms with E-state index in [9.17, 15) is 14.3 Å². The molecule has 424 valence electrons. The number of rotatable bonds is 56. The third-order valence-corrected chi connectivity index (χ3v) is 13.9. The van der Waals surface area contributed by atoms with Crippen molar-refractivity contribution in [1.82, 2.24) is 0 Å². The first-order chi connectivity index (χ1) is 35.6. The number of unbranched alkanes of at least 4 members (excludes halogenated alkanes) is 28. The second-order valence-corrected chi connectivity index (χ2v) is 22.8. The minimum absolute atomic E-state index is 0.0821. The molecule has 0 aliphatic carbocycles. The van der Waals surface area contributed by atoms with E-state index in [0.29, 0.717) is 24.1 Å². The number of likely N-dealkylation sites (N-methyl/N-ethyl adjacent to an activating group) is 1. The highest BCUT2D eigenvalue weighted by atomic mass is 31.2. The molecule has 1 N–H and O–H groups in total. The molecule has 0 spiro atoms. The van der Waals surface area contributed by atoms with Crippen molar-refractivity contribution in [2.45, 2.75) is 264 Å². The highest BCUT2D eigenvalue weighted by Crippen LogP contribution is 2.43. The average Bonchev–Trinajstić information content (AvgIpc) is 3.35. The van der Waals surface area contributed by atoms with Gasteiger partial charge in [0.1, 0.15) is 19.3 Å². The molecule has 0 bridgehead atoms. The third kappa shape index (κ3) is 60.4. The molecule has 0 aliphatic heterocycles. The van der Waals surface area contributed by atoms with Crippen molar-refractivity contribution in [2.24, 2.45) is 0 Å². The molecule has 0 saturated carbocycles. The third-order valence-electron chi connectivity index (χ3n) is 12.9. The largest absolute Gasteiger partial charge is 0.472 e. The highest BCUT2D eigenvalue weighted by Gasteiger charge is 2.26. The summed E-state index contributed by atoms with van der Waals surface area (Å²) in [6.07, 6.45) is 76.6. The number of carbonyl (C=O) groups excluding carboxylic acids is 1. The Bertz CT molecular complexity index is 1440. The van der Waals surface area contributed by atoms with E-state index in [4.69, 9.17) is 18.5 Å². The van der Waals surface area contributed by atoms with Gasteiger partial charge >= 0.3 is 13.8 Å². The van der Waals surface area contributed by atoms with E-state index in [1.54, 1.807) is 0 Å². The SMILES string of the molecule is CC/C=C\C/C=C\C/C=C\C/C=C\C/C=C\C/C=C\CCCCCCCCC(=O)OC(COCCCCCCCCCCCCCCCC/C=C\CCCCCCCCCC)COP(=O)(O)OCC[N+](C)(C)C. The predicted octanol–water partition coefficient (Wildman–Crippen LogP) is 19.5. The van der Waals surface area contributed by atoms with E-state index >= 15 is 0 Å². The lowest BCUT2D eigenvalue weighted by Crippen LogP contribution is -2.37. The number of hydrogen-bond donors (Lipinski definition) is 1. The van der Waals surface area contributed by atoms with Crippen molar-refractivity contribution in [2.75, 3.05) is 54.1 Å². The van der Waals surface area contributed by atoms with Gasteiger partial charge in [0.15, 0.2) is 0 Å². The van der Waals surface area contributed by atoms with Crippen LogP contribution in [0.4, 0.5) is 0 Å². The van der Waals surface area contributed by atoms with Crippen LogP contribution < -0.4 is 0 Å². The summed E-state index contributed by atoms with van der Waals surface area (Å²) in [5.74, 6) is -0.327. The maximum absolute atomic E-state index is 12.8. The van der Waals surface area contributed by atoms with Crippen LogP contribution in [0.3, 0.4) is 0 Å². The number of phosphoric ester groups is 1. The number of allylic oxidation sites excluding steroid dienone is 14.